The van der Waals surface area contributed by atoms with Gasteiger partial charge in [-0.1, -0.05) is 6.07 Å². The fourth-order valence-electron chi connectivity index (χ4n) is 2.00. The van der Waals surface area contributed by atoms with Crippen molar-refractivity contribution < 1.29 is 8.42 Å². The topological polar surface area (TPSA) is 84.0 Å². The lowest BCUT2D eigenvalue weighted by Gasteiger charge is -2.08. The molecule has 8 heteroatoms. The number of hydrogen-bond acceptors (Lipinski definition) is 5. The molecule has 3 rings (SSSR count). The molecule has 0 fully saturated rings. The first kappa shape index (κ1) is 13.5. The van der Waals surface area contributed by atoms with E-state index >= 15 is 0 Å². The average Bonchev–Trinajstić information content (AvgIpc) is 2.88. The predicted molar refractivity (Wildman–Crippen MR) is 77.5 cm³/mol. The first-order valence-electron chi connectivity index (χ1n) is 5.87. The maximum absolute atomic E-state index is 12.3. The minimum atomic E-state index is -3.64. The van der Waals surface area contributed by atoms with Crippen LogP contribution in [-0.2, 0) is 23.1 Å². The molecule has 1 aliphatic heterocycles. The van der Waals surface area contributed by atoms with E-state index in [4.69, 9.17) is 0 Å². The SMILES string of the molecule is O=S(=O)(Nc1cnc(Br)cn1)c1ccc2c(c1)CNC2. The largest absolute Gasteiger partial charge is 0.309 e. The molecule has 0 saturated heterocycles. The van der Waals surface area contributed by atoms with Crippen LogP contribution >= 0.6 is 15.9 Å². The molecule has 0 bridgehead atoms. The van der Waals surface area contributed by atoms with Crippen LogP contribution in [0.1, 0.15) is 11.1 Å². The average molecular weight is 355 g/mol. The summed E-state index contributed by atoms with van der Waals surface area (Å²) in [7, 11) is -3.64. The van der Waals surface area contributed by atoms with Crippen molar-refractivity contribution >= 4 is 31.8 Å². The summed E-state index contributed by atoms with van der Waals surface area (Å²) in [6.45, 7) is 1.47. The Bertz CT molecular complexity index is 747. The van der Waals surface area contributed by atoms with E-state index in [2.05, 4.69) is 35.9 Å². The molecule has 1 aromatic carbocycles. The minimum Gasteiger partial charge on any atom is -0.309 e. The van der Waals surface area contributed by atoms with Crippen molar-refractivity contribution in [1.82, 2.24) is 15.3 Å². The lowest BCUT2D eigenvalue weighted by Crippen LogP contribution is -2.14. The number of fused-ring (bicyclic) bond motifs is 1. The number of benzene rings is 1. The molecule has 2 N–H and O–H groups in total. The quantitative estimate of drug-likeness (QED) is 0.875. The number of aromatic nitrogens is 2. The van der Waals surface area contributed by atoms with Crippen molar-refractivity contribution in [1.29, 1.82) is 0 Å². The summed E-state index contributed by atoms with van der Waals surface area (Å²) < 4.78 is 27.5. The maximum atomic E-state index is 12.3. The van der Waals surface area contributed by atoms with Crippen LogP contribution in [0.3, 0.4) is 0 Å². The molecule has 0 amide bonds. The highest BCUT2D eigenvalue weighted by atomic mass is 79.9. The highest BCUT2D eigenvalue weighted by Crippen LogP contribution is 2.21. The molecular formula is C12H11BrN4O2S. The molecule has 0 unspecified atom stereocenters. The van der Waals surface area contributed by atoms with Gasteiger partial charge in [-0.3, -0.25) is 4.72 Å². The molecule has 2 aromatic rings. The van der Waals surface area contributed by atoms with E-state index in [9.17, 15) is 8.42 Å². The highest BCUT2D eigenvalue weighted by molar-refractivity contribution is 9.10. The van der Waals surface area contributed by atoms with E-state index in [1.54, 1.807) is 12.1 Å². The Kier molecular flexibility index (Phi) is 3.45. The van der Waals surface area contributed by atoms with E-state index in [1.807, 2.05) is 6.07 Å². The number of rotatable bonds is 3. The lowest BCUT2D eigenvalue weighted by molar-refractivity contribution is 0.601. The van der Waals surface area contributed by atoms with Gasteiger partial charge in [0.15, 0.2) is 5.82 Å². The zero-order chi connectivity index (χ0) is 14.2. The Labute approximate surface area is 124 Å². The van der Waals surface area contributed by atoms with Crippen LogP contribution in [0.4, 0.5) is 5.82 Å². The monoisotopic (exact) mass is 354 g/mol. The molecular weight excluding hydrogens is 344 g/mol. The van der Waals surface area contributed by atoms with Crippen molar-refractivity contribution in [2.45, 2.75) is 18.0 Å². The van der Waals surface area contributed by atoms with Gasteiger partial charge in [-0.15, -0.1) is 0 Å². The van der Waals surface area contributed by atoms with Crippen LogP contribution in [0.25, 0.3) is 0 Å². The second kappa shape index (κ2) is 5.12. The highest BCUT2D eigenvalue weighted by Gasteiger charge is 2.18. The van der Waals surface area contributed by atoms with Gasteiger partial charge in [0.25, 0.3) is 10.0 Å². The van der Waals surface area contributed by atoms with Gasteiger partial charge in [-0.05, 0) is 39.2 Å². The van der Waals surface area contributed by atoms with Gasteiger partial charge >= 0.3 is 0 Å². The third-order valence-corrected chi connectivity index (χ3v) is 4.74. The fraction of sp³-hybridized carbons (Fsp3) is 0.167. The van der Waals surface area contributed by atoms with Gasteiger partial charge in [0.1, 0.15) is 4.60 Å². The number of hydrogen-bond donors (Lipinski definition) is 2. The molecule has 0 saturated carbocycles. The first-order chi connectivity index (χ1) is 9.54. The Morgan fingerprint density at radius 1 is 1.15 bits per heavy atom. The molecule has 20 heavy (non-hydrogen) atoms. The normalized spacial score (nSPS) is 14.1. The zero-order valence-electron chi connectivity index (χ0n) is 10.3. The van der Waals surface area contributed by atoms with Crippen molar-refractivity contribution in [3.05, 3.63) is 46.3 Å². The van der Waals surface area contributed by atoms with Gasteiger partial charge in [-0.25, -0.2) is 18.4 Å². The van der Waals surface area contributed by atoms with Crippen molar-refractivity contribution in [3.8, 4) is 0 Å². The molecule has 1 aromatic heterocycles. The van der Waals surface area contributed by atoms with Crippen LogP contribution in [-0.4, -0.2) is 18.4 Å². The number of anilines is 1. The van der Waals surface area contributed by atoms with Crippen molar-refractivity contribution in [2.24, 2.45) is 0 Å². The van der Waals surface area contributed by atoms with Crippen molar-refractivity contribution in [3.63, 3.8) is 0 Å². The summed E-state index contributed by atoms with van der Waals surface area (Å²) in [5.74, 6) is 0.187. The van der Waals surface area contributed by atoms with Gasteiger partial charge in [0.2, 0.25) is 0 Å². The van der Waals surface area contributed by atoms with Crippen LogP contribution in [0.2, 0.25) is 0 Å². The fourth-order valence-corrected chi connectivity index (χ4v) is 3.25. The first-order valence-corrected chi connectivity index (χ1v) is 8.15. The second-order valence-corrected chi connectivity index (χ2v) is 6.86. The van der Waals surface area contributed by atoms with E-state index in [-0.39, 0.29) is 10.7 Å². The van der Waals surface area contributed by atoms with Crippen LogP contribution in [0.15, 0.2) is 40.1 Å². The predicted octanol–water partition coefficient (Wildman–Crippen LogP) is 1.64. The van der Waals surface area contributed by atoms with Gasteiger partial charge in [0.05, 0.1) is 17.3 Å². The Hall–Kier alpha value is -1.51. The molecule has 6 nitrogen and oxygen atoms in total. The summed E-state index contributed by atoms with van der Waals surface area (Å²) >= 11 is 3.15. The minimum absolute atomic E-state index is 0.187. The Morgan fingerprint density at radius 2 is 1.95 bits per heavy atom. The Balaban J connectivity index is 1.90. The summed E-state index contributed by atoms with van der Waals surface area (Å²) in [6.07, 6.45) is 2.79. The number of nitrogens with one attached hydrogen (secondary N) is 2. The molecule has 1 aliphatic rings. The summed E-state index contributed by atoms with van der Waals surface area (Å²) in [4.78, 5) is 8.11. The van der Waals surface area contributed by atoms with E-state index < -0.39 is 10.0 Å². The van der Waals surface area contributed by atoms with Crippen LogP contribution < -0.4 is 10.0 Å². The maximum Gasteiger partial charge on any atom is 0.263 e. The third kappa shape index (κ3) is 2.67. The lowest BCUT2D eigenvalue weighted by atomic mass is 10.1. The van der Waals surface area contributed by atoms with Gasteiger partial charge in [-0.2, -0.15) is 0 Å². The molecule has 104 valence electrons. The van der Waals surface area contributed by atoms with Crippen LogP contribution in [0.5, 0.6) is 0 Å². The zero-order valence-corrected chi connectivity index (χ0v) is 12.7. The summed E-state index contributed by atoms with van der Waals surface area (Å²) in [5, 5.41) is 3.18. The number of sulfonamides is 1. The van der Waals surface area contributed by atoms with E-state index in [1.165, 1.54) is 12.4 Å². The third-order valence-electron chi connectivity index (χ3n) is 2.98. The molecule has 0 spiro atoms. The smallest absolute Gasteiger partial charge is 0.263 e. The summed E-state index contributed by atoms with van der Waals surface area (Å²) in [6, 6.07) is 5.11. The van der Waals surface area contributed by atoms with E-state index in [0.29, 0.717) is 11.1 Å². The number of nitrogens with zero attached hydrogens (tertiary/aromatic N) is 2. The summed E-state index contributed by atoms with van der Waals surface area (Å²) in [5.41, 5.74) is 2.14. The van der Waals surface area contributed by atoms with Gasteiger partial charge < -0.3 is 5.32 Å². The Morgan fingerprint density at radius 3 is 2.70 bits per heavy atom. The van der Waals surface area contributed by atoms with E-state index in [0.717, 1.165) is 17.7 Å². The van der Waals surface area contributed by atoms with Gasteiger partial charge in [0, 0.05) is 13.1 Å². The molecule has 0 radical (unpaired) electrons. The number of halogens is 1. The van der Waals surface area contributed by atoms with Crippen LogP contribution in [0, 0.1) is 0 Å². The standard InChI is InChI=1S/C12H11BrN4O2S/c13-11-6-16-12(7-15-11)17-20(18,19)10-2-1-8-4-14-5-9(8)3-10/h1-3,6-7,14H,4-5H2,(H,16,17). The molecule has 0 aliphatic carbocycles. The molecule has 2 heterocycles. The molecule has 0 atom stereocenters. The van der Waals surface area contributed by atoms with Crippen molar-refractivity contribution in [2.75, 3.05) is 4.72 Å². The second-order valence-electron chi connectivity index (χ2n) is 4.36.